The van der Waals surface area contributed by atoms with Crippen LogP contribution in [0.3, 0.4) is 0 Å². The van der Waals surface area contributed by atoms with E-state index >= 15 is 0 Å². The van der Waals surface area contributed by atoms with Gasteiger partial charge in [0.2, 0.25) is 5.91 Å². The molecule has 1 aliphatic carbocycles. The molecule has 3 N–H and O–H groups in total. The molecule has 1 fully saturated rings. The lowest BCUT2D eigenvalue weighted by Gasteiger charge is -2.27. The van der Waals surface area contributed by atoms with Crippen LogP contribution in [0.4, 0.5) is 4.39 Å². The number of hydrogen-bond donors (Lipinski definition) is 2. The Hall–Kier alpha value is -1.13. The standard InChI is InChI=1S/C14H18ClFN2O/c15-11-3-6-13(16)10(7-11)8-18-12-4-1-9(2-5-12)14(17)19/h3,6-7,9,12,18H,1-2,4-5,8H2,(H2,17,19). The van der Waals surface area contributed by atoms with Gasteiger partial charge in [-0.05, 0) is 43.9 Å². The van der Waals surface area contributed by atoms with Gasteiger partial charge in [0, 0.05) is 29.1 Å². The maximum atomic E-state index is 13.5. The summed E-state index contributed by atoms with van der Waals surface area (Å²) in [7, 11) is 0. The molecule has 5 heteroatoms. The van der Waals surface area contributed by atoms with Gasteiger partial charge in [-0.1, -0.05) is 11.6 Å². The third-order valence-electron chi connectivity index (χ3n) is 3.72. The van der Waals surface area contributed by atoms with Crippen LogP contribution in [0.2, 0.25) is 5.02 Å². The van der Waals surface area contributed by atoms with Crippen LogP contribution >= 0.6 is 11.6 Å². The maximum absolute atomic E-state index is 13.5. The van der Waals surface area contributed by atoms with E-state index in [-0.39, 0.29) is 17.6 Å². The summed E-state index contributed by atoms with van der Waals surface area (Å²) in [5.74, 6) is -0.456. The summed E-state index contributed by atoms with van der Waals surface area (Å²) in [4.78, 5) is 11.1. The lowest BCUT2D eigenvalue weighted by Crippen LogP contribution is -2.36. The average Bonchev–Trinajstić information content (AvgIpc) is 2.40. The van der Waals surface area contributed by atoms with Gasteiger partial charge in [-0.25, -0.2) is 4.39 Å². The van der Waals surface area contributed by atoms with Crippen LogP contribution in [0.5, 0.6) is 0 Å². The Balaban J connectivity index is 1.83. The van der Waals surface area contributed by atoms with Crippen molar-refractivity contribution in [2.45, 2.75) is 38.3 Å². The van der Waals surface area contributed by atoms with Crippen LogP contribution in [-0.2, 0) is 11.3 Å². The van der Waals surface area contributed by atoms with Crippen molar-refractivity contribution in [3.8, 4) is 0 Å². The van der Waals surface area contributed by atoms with Gasteiger partial charge in [0.1, 0.15) is 5.82 Å². The van der Waals surface area contributed by atoms with Crippen molar-refractivity contribution in [1.29, 1.82) is 0 Å². The Morgan fingerprint density at radius 2 is 2.05 bits per heavy atom. The number of primary amides is 1. The average molecular weight is 285 g/mol. The second-order valence-corrected chi connectivity index (χ2v) is 5.50. The second kappa shape index (κ2) is 6.35. The van der Waals surface area contributed by atoms with Crippen molar-refractivity contribution in [2.75, 3.05) is 0 Å². The zero-order valence-electron chi connectivity index (χ0n) is 10.7. The van der Waals surface area contributed by atoms with Crippen molar-refractivity contribution in [3.05, 3.63) is 34.6 Å². The summed E-state index contributed by atoms with van der Waals surface area (Å²) in [5, 5.41) is 3.85. The van der Waals surface area contributed by atoms with E-state index in [1.54, 1.807) is 12.1 Å². The molecule has 104 valence electrons. The number of halogens is 2. The summed E-state index contributed by atoms with van der Waals surface area (Å²) >= 11 is 5.85. The van der Waals surface area contributed by atoms with E-state index in [1.807, 2.05) is 0 Å². The Labute approximate surface area is 117 Å². The van der Waals surface area contributed by atoms with Gasteiger partial charge >= 0.3 is 0 Å². The number of hydrogen-bond acceptors (Lipinski definition) is 2. The maximum Gasteiger partial charge on any atom is 0.220 e. The molecule has 1 aliphatic rings. The number of benzene rings is 1. The highest BCUT2D eigenvalue weighted by Gasteiger charge is 2.24. The summed E-state index contributed by atoms with van der Waals surface area (Å²) in [6.07, 6.45) is 3.42. The minimum atomic E-state index is -0.247. The smallest absolute Gasteiger partial charge is 0.220 e. The Bertz CT molecular complexity index is 459. The van der Waals surface area contributed by atoms with E-state index < -0.39 is 0 Å². The first kappa shape index (κ1) is 14.3. The molecule has 1 aromatic carbocycles. The highest BCUT2D eigenvalue weighted by atomic mass is 35.5. The molecule has 1 aromatic rings. The molecular formula is C14H18ClFN2O. The van der Waals surface area contributed by atoms with E-state index in [4.69, 9.17) is 17.3 Å². The normalized spacial score (nSPS) is 23.3. The SMILES string of the molecule is NC(=O)C1CCC(NCc2cc(Cl)ccc2F)CC1. The van der Waals surface area contributed by atoms with E-state index in [0.717, 1.165) is 25.7 Å². The van der Waals surface area contributed by atoms with Gasteiger partial charge in [0.05, 0.1) is 0 Å². The molecule has 3 nitrogen and oxygen atoms in total. The molecule has 2 rings (SSSR count). The molecule has 0 spiro atoms. The summed E-state index contributed by atoms with van der Waals surface area (Å²) in [6.45, 7) is 0.457. The van der Waals surface area contributed by atoms with Crippen LogP contribution < -0.4 is 11.1 Å². The predicted molar refractivity (Wildman–Crippen MR) is 73.2 cm³/mol. The lowest BCUT2D eigenvalue weighted by molar-refractivity contribution is -0.122. The zero-order valence-corrected chi connectivity index (χ0v) is 11.4. The molecule has 0 atom stereocenters. The number of amides is 1. The molecule has 0 bridgehead atoms. The van der Waals surface area contributed by atoms with Crippen LogP contribution in [0, 0.1) is 11.7 Å². The molecule has 1 saturated carbocycles. The summed E-state index contributed by atoms with van der Waals surface area (Å²) in [6, 6.07) is 4.87. The fourth-order valence-corrected chi connectivity index (χ4v) is 2.71. The van der Waals surface area contributed by atoms with Crippen molar-refractivity contribution in [3.63, 3.8) is 0 Å². The molecular weight excluding hydrogens is 267 g/mol. The summed E-state index contributed by atoms with van der Waals surface area (Å²) in [5.41, 5.74) is 5.86. The molecule has 1 amide bonds. The van der Waals surface area contributed by atoms with Gasteiger partial charge in [-0.3, -0.25) is 4.79 Å². The number of carbonyl (C=O) groups is 1. The van der Waals surface area contributed by atoms with E-state index in [1.165, 1.54) is 6.07 Å². The fourth-order valence-electron chi connectivity index (χ4n) is 2.52. The van der Waals surface area contributed by atoms with Crippen LogP contribution in [-0.4, -0.2) is 11.9 Å². The number of nitrogens with one attached hydrogen (secondary N) is 1. The Morgan fingerprint density at radius 3 is 2.68 bits per heavy atom. The topological polar surface area (TPSA) is 55.1 Å². The van der Waals surface area contributed by atoms with E-state index in [0.29, 0.717) is 23.2 Å². The monoisotopic (exact) mass is 284 g/mol. The molecule has 19 heavy (non-hydrogen) atoms. The number of rotatable bonds is 4. The third kappa shape index (κ3) is 3.91. The van der Waals surface area contributed by atoms with Crippen molar-refractivity contribution < 1.29 is 9.18 Å². The zero-order chi connectivity index (χ0) is 13.8. The number of nitrogens with two attached hydrogens (primary N) is 1. The first-order valence-electron chi connectivity index (χ1n) is 6.53. The van der Waals surface area contributed by atoms with Crippen LogP contribution in [0.25, 0.3) is 0 Å². The van der Waals surface area contributed by atoms with Crippen LogP contribution in [0.1, 0.15) is 31.2 Å². The fraction of sp³-hybridized carbons (Fsp3) is 0.500. The third-order valence-corrected chi connectivity index (χ3v) is 3.95. The minimum absolute atomic E-state index is 0.000885. The van der Waals surface area contributed by atoms with Gasteiger partial charge in [0.25, 0.3) is 0 Å². The quantitative estimate of drug-likeness (QED) is 0.893. The molecule has 0 radical (unpaired) electrons. The highest BCUT2D eigenvalue weighted by Crippen LogP contribution is 2.24. The molecule has 0 aliphatic heterocycles. The lowest BCUT2D eigenvalue weighted by atomic mass is 9.85. The highest BCUT2D eigenvalue weighted by molar-refractivity contribution is 6.30. The molecule has 0 heterocycles. The van der Waals surface area contributed by atoms with Gasteiger partial charge in [-0.15, -0.1) is 0 Å². The Morgan fingerprint density at radius 1 is 1.37 bits per heavy atom. The van der Waals surface area contributed by atoms with Crippen molar-refractivity contribution >= 4 is 17.5 Å². The molecule has 0 unspecified atom stereocenters. The summed E-state index contributed by atoms with van der Waals surface area (Å²) < 4.78 is 13.5. The van der Waals surface area contributed by atoms with E-state index in [2.05, 4.69) is 5.32 Å². The minimum Gasteiger partial charge on any atom is -0.369 e. The van der Waals surface area contributed by atoms with Crippen molar-refractivity contribution in [2.24, 2.45) is 11.7 Å². The first-order valence-corrected chi connectivity index (χ1v) is 6.90. The predicted octanol–water partition coefficient (Wildman–Crippen LogP) is 2.61. The van der Waals surface area contributed by atoms with Gasteiger partial charge in [0.15, 0.2) is 0 Å². The van der Waals surface area contributed by atoms with Crippen LogP contribution in [0.15, 0.2) is 18.2 Å². The number of carbonyl (C=O) groups excluding carboxylic acids is 1. The van der Waals surface area contributed by atoms with Gasteiger partial charge < -0.3 is 11.1 Å². The molecule has 0 aromatic heterocycles. The Kier molecular flexibility index (Phi) is 4.77. The van der Waals surface area contributed by atoms with E-state index in [9.17, 15) is 9.18 Å². The second-order valence-electron chi connectivity index (χ2n) is 5.07. The van der Waals surface area contributed by atoms with Gasteiger partial charge in [-0.2, -0.15) is 0 Å². The largest absolute Gasteiger partial charge is 0.369 e. The van der Waals surface area contributed by atoms with Crippen molar-refractivity contribution in [1.82, 2.24) is 5.32 Å². The molecule has 0 saturated heterocycles. The first-order chi connectivity index (χ1) is 9.06.